The number of anilines is 1. The van der Waals surface area contributed by atoms with Crippen LogP contribution in [0.2, 0.25) is 0 Å². The zero-order valence-corrected chi connectivity index (χ0v) is 16.7. The first-order valence-electron chi connectivity index (χ1n) is 8.79. The van der Waals surface area contributed by atoms with Gasteiger partial charge in [0.2, 0.25) is 5.95 Å². The van der Waals surface area contributed by atoms with Crippen molar-refractivity contribution in [1.82, 2.24) is 15.0 Å². The van der Waals surface area contributed by atoms with Gasteiger partial charge in [-0.25, -0.2) is 9.97 Å². The molecule has 0 aliphatic rings. The quantitative estimate of drug-likeness (QED) is 0.536. The maximum atomic E-state index is 13.6. The van der Waals surface area contributed by atoms with Crippen molar-refractivity contribution in [3.63, 3.8) is 0 Å². The molecule has 1 aromatic carbocycles. The number of fused-ring (bicyclic) bond motifs is 1. The molecule has 1 unspecified atom stereocenters. The third kappa shape index (κ3) is 4.13. The van der Waals surface area contributed by atoms with Gasteiger partial charge in [0, 0.05) is 36.5 Å². The molecule has 1 atom stereocenters. The summed E-state index contributed by atoms with van der Waals surface area (Å²) in [5.74, 6) is 0.0281. The number of aliphatic hydroxyl groups excluding tert-OH is 1. The van der Waals surface area contributed by atoms with Gasteiger partial charge in [-0.2, -0.15) is 13.2 Å². The SMILES string of the molecule is CC(CO)CNc1ncc(C(F)(F)F)c(-c2c[nH]c3c(P(C)C)cccc23)n1. The van der Waals surface area contributed by atoms with Crippen molar-refractivity contribution >= 4 is 30.1 Å². The number of aromatic amines is 1. The number of aliphatic hydroxyl groups is 1. The van der Waals surface area contributed by atoms with E-state index >= 15 is 0 Å². The minimum Gasteiger partial charge on any atom is -0.396 e. The van der Waals surface area contributed by atoms with Crippen LogP contribution in [-0.4, -0.2) is 46.5 Å². The number of H-pyrrole nitrogens is 1. The Labute approximate surface area is 162 Å². The summed E-state index contributed by atoms with van der Waals surface area (Å²) in [6, 6.07) is 5.64. The topological polar surface area (TPSA) is 73.8 Å². The highest BCUT2D eigenvalue weighted by molar-refractivity contribution is 7.64. The highest BCUT2D eigenvalue weighted by Gasteiger charge is 2.36. The second-order valence-corrected chi connectivity index (χ2v) is 9.19. The fourth-order valence-electron chi connectivity index (χ4n) is 2.92. The Morgan fingerprint density at radius 1 is 1.29 bits per heavy atom. The lowest BCUT2D eigenvalue weighted by Gasteiger charge is -2.14. The van der Waals surface area contributed by atoms with Crippen molar-refractivity contribution in [1.29, 1.82) is 0 Å². The molecule has 0 aliphatic carbocycles. The largest absolute Gasteiger partial charge is 0.419 e. The summed E-state index contributed by atoms with van der Waals surface area (Å²) in [4.78, 5) is 11.1. The Morgan fingerprint density at radius 3 is 2.68 bits per heavy atom. The van der Waals surface area contributed by atoms with Gasteiger partial charge in [-0.15, -0.1) is 0 Å². The molecule has 9 heteroatoms. The zero-order valence-electron chi connectivity index (χ0n) is 15.8. The maximum absolute atomic E-state index is 13.6. The van der Waals surface area contributed by atoms with Gasteiger partial charge in [0.1, 0.15) is 5.56 Å². The Kier molecular flexibility index (Phi) is 5.91. The molecule has 2 aromatic heterocycles. The van der Waals surface area contributed by atoms with E-state index in [9.17, 15) is 13.2 Å². The van der Waals surface area contributed by atoms with Crippen LogP contribution in [0.15, 0.2) is 30.6 Å². The van der Waals surface area contributed by atoms with Crippen LogP contribution in [0.3, 0.4) is 0 Å². The van der Waals surface area contributed by atoms with Crippen LogP contribution in [0, 0.1) is 5.92 Å². The van der Waals surface area contributed by atoms with E-state index in [1.54, 1.807) is 12.3 Å². The number of hydrogen-bond donors (Lipinski definition) is 3. The first kappa shape index (κ1) is 20.6. The molecule has 0 aliphatic heterocycles. The number of aromatic nitrogens is 3. The number of benzene rings is 1. The zero-order chi connectivity index (χ0) is 20.5. The van der Waals surface area contributed by atoms with Crippen LogP contribution in [0.25, 0.3) is 22.2 Å². The average Bonchev–Trinajstić information content (AvgIpc) is 3.08. The number of halogens is 3. The predicted molar refractivity (Wildman–Crippen MR) is 107 cm³/mol. The van der Waals surface area contributed by atoms with Crippen molar-refractivity contribution in [3.8, 4) is 11.3 Å². The van der Waals surface area contributed by atoms with E-state index < -0.39 is 19.7 Å². The summed E-state index contributed by atoms with van der Waals surface area (Å²) in [5, 5.41) is 13.8. The van der Waals surface area contributed by atoms with E-state index in [2.05, 4.69) is 33.6 Å². The molecule has 0 saturated carbocycles. The molecule has 28 heavy (non-hydrogen) atoms. The van der Waals surface area contributed by atoms with E-state index in [0.717, 1.165) is 17.0 Å². The number of hydrogen-bond acceptors (Lipinski definition) is 4. The summed E-state index contributed by atoms with van der Waals surface area (Å²) in [6.45, 7) is 6.33. The minimum atomic E-state index is -4.57. The Morgan fingerprint density at radius 2 is 2.04 bits per heavy atom. The molecule has 0 bridgehead atoms. The molecular formula is C19H22F3N4OP. The van der Waals surface area contributed by atoms with Crippen molar-refractivity contribution < 1.29 is 18.3 Å². The van der Waals surface area contributed by atoms with Crippen molar-refractivity contribution in [2.45, 2.75) is 13.1 Å². The summed E-state index contributed by atoms with van der Waals surface area (Å²) < 4.78 is 40.8. The lowest BCUT2D eigenvalue weighted by Crippen LogP contribution is -2.17. The maximum Gasteiger partial charge on any atom is 0.419 e. The van der Waals surface area contributed by atoms with E-state index in [1.165, 1.54) is 0 Å². The van der Waals surface area contributed by atoms with Gasteiger partial charge in [0.25, 0.3) is 0 Å². The van der Waals surface area contributed by atoms with Gasteiger partial charge in [0.05, 0.1) is 11.2 Å². The van der Waals surface area contributed by atoms with Crippen LogP contribution in [0.5, 0.6) is 0 Å². The third-order valence-corrected chi connectivity index (χ3v) is 5.78. The fraction of sp³-hybridized carbons (Fsp3) is 0.368. The van der Waals surface area contributed by atoms with Gasteiger partial charge in [-0.3, -0.25) is 0 Å². The Hall–Kier alpha value is -2.18. The molecule has 150 valence electrons. The average molecular weight is 410 g/mol. The van der Waals surface area contributed by atoms with Gasteiger partial charge in [-0.05, 0) is 24.6 Å². The lowest BCUT2D eigenvalue weighted by atomic mass is 10.1. The smallest absolute Gasteiger partial charge is 0.396 e. The number of rotatable bonds is 6. The minimum absolute atomic E-state index is 0.0390. The van der Waals surface area contributed by atoms with Crippen LogP contribution in [0.4, 0.5) is 19.1 Å². The molecule has 0 spiro atoms. The molecule has 0 saturated heterocycles. The standard InChI is InChI=1S/C19H22F3N4OP/c1-11(10-27)7-24-18-25-9-14(19(20,21)22)16(26-18)13-8-23-17-12(13)5-4-6-15(17)28(2)3/h4-6,8-9,11,23,27H,7,10H2,1-3H3,(H,24,25,26). The summed E-state index contributed by atoms with van der Waals surface area (Å²) in [6.07, 6.45) is -2.19. The predicted octanol–water partition coefficient (Wildman–Crippen LogP) is 4.05. The van der Waals surface area contributed by atoms with Crippen LogP contribution in [0.1, 0.15) is 12.5 Å². The first-order chi connectivity index (χ1) is 13.2. The van der Waals surface area contributed by atoms with E-state index in [4.69, 9.17) is 5.11 Å². The molecule has 0 fully saturated rings. The highest BCUT2D eigenvalue weighted by Crippen LogP contribution is 2.39. The van der Waals surface area contributed by atoms with Crippen LogP contribution < -0.4 is 10.6 Å². The normalized spacial score (nSPS) is 13.3. The van der Waals surface area contributed by atoms with Crippen LogP contribution >= 0.6 is 7.92 Å². The highest BCUT2D eigenvalue weighted by atomic mass is 31.1. The molecule has 3 rings (SSSR count). The van der Waals surface area contributed by atoms with Crippen molar-refractivity contribution in [2.24, 2.45) is 5.92 Å². The first-order valence-corrected chi connectivity index (χ1v) is 11.0. The number of para-hydroxylation sites is 1. The molecule has 0 radical (unpaired) electrons. The number of nitrogens with zero attached hydrogens (tertiary/aromatic N) is 2. The molecule has 0 amide bonds. The van der Waals surface area contributed by atoms with Crippen molar-refractivity contribution in [3.05, 3.63) is 36.2 Å². The molecule has 5 nitrogen and oxygen atoms in total. The monoisotopic (exact) mass is 410 g/mol. The summed E-state index contributed by atoms with van der Waals surface area (Å²) in [7, 11) is -0.425. The lowest BCUT2D eigenvalue weighted by molar-refractivity contribution is -0.137. The van der Waals surface area contributed by atoms with Crippen molar-refractivity contribution in [2.75, 3.05) is 31.8 Å². The molecule has 3 N–H and O–H groups in total. The summed E-state index contributed by atoms with van der Waals surface area (Å²) >= 11 is 0. The van der Waals surface area contributed by atoms with Gasteiger partial charge < -0.3 is 15.4 Å². The third-order valence-electron chi connectivity index (χ3n) is 4.44. The van der Waals surface area contributed by atoms with E-state index in [-0.39, 0.29) is 24.2 Å². The second-order valence-electron chi connectivity index (χ2n) is 6.92. The van der Waals surface area contributed by atoms with Gasteiger partial charge in [0.15, 0.2) is 0 Å². The fourth-order valence-corrected chi connectivity index (χ4v) is 3.93. The summed E-state index contributed by atoms with van der Waals surface area (Å²) in [5.41, 5.74) is 0.182. The second kappa shape index (κ2) is 8.05. The molecule has 2 heterocycles. The van der Waals surface area contributed by atoms with E-state index in [0.29, 0.717) is 17.5 Å². The van der Waals surface area contributed by atoms with Gasteiger partial charge >= 0.3 is 6.18 Å². The van der Waals surface area contributed by atoms with Crippen LogP contribution in [-0.2, 0) is 6.18 Å². The molecule has 3 aromatic rings. The number of alkyl halides is 3. The Bertz CT molecular complexity index is 971. The van der Waals surface area contributed by atoms with E-state index in [1.807, 2.05) is 19.1 Å². The van der Waals surface area contributed by atoms with Gasteiger partial charge in [-0.1, -0.05) is 33.0 Å². The Balaban J connectivity index is 2.13. The number of nitrogens with one attached hydrogen (secondary N) is 2. The molecular weight excluding hydrogens is 388 g/mol.